The van der Waals surface area contributed by atoms with Crippen molar-refractivity contribution in [2.75, 3.05) is 30.8 Å². The van der Waals surface area contributed by atoms with Gasteiger partial charge in [0.25, 0.3) is 0 Å². The van der Waals surface area contributed by atoms with Crippen LogP contribution in [0.1, 0.15) is 49.8 Å². The number of fused-ring (bicyclic) bond motifs is 1. The molecule has 2 aliphatic rings. The fraction of sp³-hybridized carbons (Fsp3) is 0.565. The summed E-state index contributed by atoms with van der Waals surface area (Å²) in [4.78, 5) is 26.4. The van der Waals surface area contributed by atoms with Crippen molar-refractivity contribution >= 4 is 45.9 Å². The number of nitrogens with zero attached hydrogens (tertiary/aromatic N) is 5. The number of thiophene rings is 1. The molecular formula is C23H30N6OS2. The van der Waals surface area contributed by atoms with Gasteiger partial charge in [-0.3, -0.25) is 4.79 Å². The van der Waals surface area contributed by atoms with Crippen molar-refractivity contribution in [3.63, 3.8) is 0 Å². The molecule has 5 rings (SSSR count). The van der Waals surface area contributed by atoms with Crippen molar-refractivity contribution in [3.05, 3.63) is 28.6 Å². The third-order valence-corrected chi connectivity index (χ3v) is 8.41. The summed E-state index contributed by atoms with van der Waals surface area (Å²) in [5.74, 6) is 1.15. The first kappa shape index (κ1) is 21.7. The van der Waals surface area contributed by atoms with Gasteiger partial charge >= 0.3 is 0 Å². The van der Waals surface area contributed by atoms with Crippen molar-refractivity contribution < 1.29 is 4.79 Å². The number of carbonyl (C=O) groups is 1. The molecule has 3 aromatic heterocycles. The minimum absolute atomic E-state index is 0.155. The Morgan fingerprint density at radius 2 is 2.00 bits per heavy atom. The SMILES string of the molecule is CSc1nc(N2CCCCC2)c2cnn(CCNC(=O)C3(c4cccs4)CCCC3)c2n1. The number of aromatic nitrogens is 4. The average Bonchev–Trinajstić information content (AvgIpc) is 3.60. The predicted molar refractivity (Wildman–Crippen MR) is 131 cm³/mol. The smallest absolute Gasteiger partial charge is 0.231 e. The first-order valence-electron chi connectivity index (χ1n) is 11.6. The Kier molecular flexibility index (Phi) is 6.37. The zero-order chi connectivity index (χ0) is 22.0. The lowest BCUT2D eigenvalue weighted by Crippen LogP contribution is -2.43. The maximum atomic E-state index is 13.2. The molecule has 0 radical (unpaired) electrons. The second kappa shape index (κ2) is 9.39. The third-order valence-electron chi connectivity index (χ3n) is 6.79. The molecule has 0 atom stereocenters. The van der Waals surface area contributed by atoms with Crippen molar-refractivity contribution in [1.29, 1.82) is 0 Å². The van der Waals surface area contributed by atoms with E-state index in [9.17, 15) is 4.79 Å². The summed E-state index contributed by atoms with van der Waals surface area (Å²) in [6, 6.07) is 4.16. The molecular weight excluding hydrogens is 440 g/mol. The maximum absolute atomic E-state index is 13.2. The largest absolute Gasteiger partial charge is 0.356 e. The summed E-state index contributed by atoms with van der Waals surface area (Å²) < 4.78 is 1.91. The van der Waals surface area contributed by atoms with Crippen LogP contribution < -0.4 is 10.2 Å². The minimum Gasteiger partial charge on any atom is -0.356 e. The molecule has 2 fully saturated rings. The van der Waals surface area contributed by atoms with Gasteiger partial charge in [-0.1, -0.05) is 30.7 Å². The highest BCUT2D eigenvalue weighted by molar-refractivity contribution is 7.98. The van der Waals surface area contributed by atoms with Crippen LogP contribution >= 0.6 is 23.1 Å². The molecule has 0 spiro atoms. The number of carbonyl (C=O) groups excluding carboxylic acids is 1. The van der Waals surface area contributed by atoms with E-state index in [0.717, 1.165) is 60.8 Å². The summed E-state index contributed by atoms with van der Waals surface area (Å²) in [5, 5.41) is 11.7. The topological polar surface area (TPSA) is 75.9 Å². The van der Waals surface area contributed by atoms with Crippen LogP contribution in [0.15, 0.2) is 28.9 Å². The van der Waals surface area contributed by atoms with E-state index >= 15 is 0 Å². The predicted octanol–water partition coefficient (Wildman–Crippen LogP) is 4.23. The van der Waals surface area contributed by atoms with Gasteiger partial charge in [0.1, 0.15) is 5.82 Å². The van der Waals surface area contributed by atoms with Gasteiger partial charge < -0.3 is 10.2 Å². The highest BCUT2D eigenvalue weighted by Crippen LogP contribution is 2.43. The molecule has 1 aliphatic heterocycles. The molecule has 0 bridgehead atoms. The van der Waals surface area contributed by atoms with E-state index in [1.54, 1.807) is 23.1 Å². The third kappa shape index (κ3) is 4.01. The van der Waals surface area contributed by atoms with E-state index in [1.165, 1.54) is 24.1 Å². The summed E-state index contributed by atoms with van der Waals surface area (Å²) in [7, 11) is 0. The van der Waals surface area contributed by atoms with Gasteiger partial charge in [-0.15, -0.1) is 11.3 Å². The van der Waals surface area contributed by atoms with Gasteiger partial charge in [0.05, 0.1) is 23.5 Å². The molecule has 1 saturated carbocycles. The second-order valence-corrected chi connectivity index (χ2v) is 10.4. The molecule has 4 heterocycles. The highest BCUT2D eigenvalue weighted by atomic mass is 32.2. The zero-order valence-corrected chi connectivity index (χ0v) is 20.2. The Labute approximate surface area is 197 Å². The molecule has 1 aliphatic carbocycles. The maximum Gasteiger partial charge on any atom is 0.231 e. The van der Waals surface area contributed by atoms with Crippen LogP contribution in [0, 0.1) is 0 Å². The number of anilines is 1. The van der Waals surface area contributed by atoms with Crippen LogP contribution in [-0.2, 0) is 16.8 Å². The highest BCUT2D eigenvalue weighted by Gasteiger charge is 2.43. The Morgan fingerprint density at radius 1 is 1.19 bits per heavy atom. The molecule has 170 valence electrons. The number of piperidine rings is 1. The van der Waals surface area contributed by atoms with Crippen molar-refractivity contribution in [2.24, 2.45) is 0 Å². The standard InChI is InChI=1S/C23H30N6OS2/c1-31-22-26-19(28-12-5-2-6-13-28)17-16-25-29(20(17)27-22)14-11-24-21(30)23(9-3-4-10-23)18-8-7-15-32-18/h7-8,15-16H,2-6,9-14H2,1H3,(H,24,30). The average molecular weight is 471 g/mol. The molecule has 0 unspecified atom stereocenters. The Bertz CT molecular complexity index is 1070. The van der Waals surface area contributed by atoms with Crippen molar-refractivity contribution in [3.8, 4) is 0 Å². The number of hydrogen-bond donors (Lipinski definition) is 1. The molecule has 1 N–H and O–H groups in total. The molecule has 32 heavy (non-hydrogen) atoms. The van der Waals surface area contributed by atoms with Crippen molar-refractivity contribution in [1.82, 2.24) is 25.1 Å². The zero-order valence-electron chi connectivity index (χ0n) is 18.5. The lowest BCUT2D eigenvalue weighted by atomic mass is 9.83. The lowest BCUT2D eigenvalue weighted by molar-refractivity contribution is -0.126. The Hall–Kier alpha value is -2.13. The summed E-state index contributed by atoms with van der Waals surface area (Å²) >= 11 is 3.26. The Balaban J connectivity index is 1.33. The molecule has 0 aromatic carbocycles. The summed E-state index contributed by atoms with van der Waals surface area (Å²) in [6.45, 7) is 3.21. The number of hydrogen-bond acceptors (Lipinski definition) is 7. The second-order valence-electron chi connectivity index (χ2n) is 8.71. The minimum atomic E-state index is -0.351. The number of thioether (sulfide) groups is 1. The number of rotatable bonds is 7. The quantitative estimate of drug-likeness (QED) is 0.411. The van der Waals surface area contributed by atoms with Gasteiger partial charge in [0.2, 0.25) is 5.91 Å². The molecule has 9 heteroatoms. The van der Waals surface area contributed by atoms with Crippen molar-refractivity contribution in [2.45, 2.75) is 62.1 Å². The van der Waals surface area contributed by atoms with E-state index in [2.05, 4.69) is 26.8 Å². The summed E-state index contributed by atoms with van der Waals surface area (Å²) in [5.41, 5.74) is 0.503. The fourth-order valence-corrected chi connectivity index (χ4v) is 6.42. The van der Waals surface area contributed by atoms with Gasteiger partial charge in [-0.2, -0.15) is 5.10 Å². The van der Waals surface area contributed by atoms with Crippen LogP contribution in [0.4, 0.5) is 5.82 Å². The lowest BCUT2D eigenvalue weighted by Gasteiger charge is -2.28. The van der Waals surface area contributed by atoms with Crippen LogP contribution in [0.25, 0.3) is 11.0 Å². The van der Waals surface area contributed by atoms with Crippen LogP contribution in [0.5, 0.6) is 0 Å². The molecule has 3 aromatic rings. The first-order valence-corrected chi connectivity index (χ1v) is 13.7. The normalized spacial score (nSPS) is 18.3. The number of nitrogens with one attached hydrogen (secondary N) is 1. The van der Waals surface area contributed by atoms with E-state index < -0.39 is 0 Å². The van der Waals surface area contributed by atoms with E-state index in [-0.39, 0.29) is 11.3 Å². The molecule has 1 saturated heterocycles. The summed E-state index contributed by atoms with van der Waals surface area (Å²) in [6.07, 6.45) is 11.7. The first-order chi connectivity index (χ1) is 15.7. The van der Waals surface area contributed by atoms with Crippen LogP contribution in [-0.4, -0.2) is 51.5 Å². The van der Waals surface area contributed by atoms with Gasteiger partial charge in [0.15, 0.2) is 10.8 Å². The van der Waals surface area contributed by atoms with Gasteiger partial charge in [0, 0.05) is 24.5 Å². The van der Waals surface area contributed by atoms with Gasteiger partial charge in [-0.05, 0) is 49.8 Å². The number of amides is 1. The van der Waals surface area contributed by atoms with Crippen LogP contribution in [0.2, 0.25) is 0 Å². The van der Waals surface area contributed by atoms with Gasteiger partial charge in [-0.25, -0.2) is 14.6 Å². The van der Waals surface area contributed by atoms with E-state index in [1.807, 2.05) is 23.2 Å². The van der Waals surface area contributed by atoms with E-state index in [4.69, 9.17) is 9.97 Å². The van der Waals surface area contributed by atoms with E-state index in [0.29, 0.717) is 13.1 Å². The molecule has 7 nitrogen and oxygen atoms in total. The Morgan fingerprint density at radius 3 is 2.72 bits per heavy atom. The molecule has 1 amide bonds. The fourth-order valence-electron chi connectivity index (χ4n) is 5.08. The van der Waals surface area contributed by atoms with Crippen LogP contribution in [0.3, 0.4) is 0 Å². The monoisotopic (exact) mass is 470 g/mol.